The number of nitrogens with one attached hydrogen (secondary N) is 2. The van der Waals surface area contributed by atoms with Gasteiger partial charge in [-0.1, -0.05) is 30.3 Å². The molecule has 1 atom stereocenters. The van der Waals surface area contributed by atoms with E-state index in [0.29, 0.717) is 11.1 Å². The molecule has 0 radical (unpaired) electrons. The Hall–Kier alpha value is -3.69. The van der Waals surface area contributed by atoms with Gasteiger partial charge >= 0.3 is 12.1 Å². The molecule has 0 bridgehead atoms. The van der Waals surface area contributed by atoms with Crippen molar-refractivity contribution in [2.24, 2.45) is 0 Å². The first-order chi connectivity index (χ1) is 14.7. The molecule has 0 saturated carbocycles. The molecule has 0 fully saturated rings. The van der Waals surface area contributed by atoms with Gasteiger partial charge in [0, 0.05) is 5.56 Å². The Morgan fingerprint density at radius 3 is 2.45 bits per heavy atom. The first kappa shape index (κ1) is 22.0. The quantitative estimate of drug-likeness (QED) is 0.570. The van der Waals surface area contributed by atoms with E-state index in [1.807, 2.05) is 0 Å². The van der Waals surface area contributed by atoms with Crippen LogP contribution in [0, 0.1) is 0 Å². The number of aromatic amines is 1. The molecule has 0 aliphatic carbocycles. The molecule has 7 nitrogen and oxygen atoms in total. The summed E-state index contributed by atoms with van der Waals surface area (Å²) in [6.45, 7) is 3.48. The smallest absolute Gasteiger partial charge is 0.416 e. The molecule has 162 valence electrons. The highest BCUT2D eigenvalue weighted by molar-refractivity contribution is 6.01. The number of aromatic nitrogens is 3. The molecule has 10 heteroatoms. The minimum atomic E-state index is -4.44. The van der Waals surface area contributed by atoms with E-state index in [0.717, 1.165) is 12.1 Å². The summed E-state index contributed by atoms with van der Waals surface area (Å²) in [5, 5.41) is 9.10. The van der Waals surface area contributed by atoms with E-state index in [1.165, 1.54) is 12.1 Å². The summed E-state index contributed by atoms with van der Waals surface area (Å²) >= 11 is 0. The van der Waals surface area contributed by atoms with E-state index >= 15 is 0 Å². The zero-order chi connectivity index (χ0) is 22.6. The number of carbonyl (C=O) groups is 2. The van der Waals surface area contributed by atoms with Crippen molar-refractivity contribution in [3.8, 4) is 11.1 Å². The van der Waals surface area contributed by atoms with Gasteiger partial charge in [0.2, 0.25) is 0 Å². The van der Waals surface area contributed by atoms with Gasteiger partial charge in [0.15, 0.2) is 0 Å². The van der Waals surface area contributed by atoms with Gasteiger partial charge in [-0.25, -0.2) is 9.78 Å². The second kappa shape index (κ2) is 8.99. The number of ether oxygens (including phenoxy) is 1. The summed E-state index contributed by atoms with van der Waals surface area (Å²) in [6, 6.07) is 10.5. The fourth-order valence-corrected chi connectivity index (χ4v) is 2.87. The summed E-state index contributed by atoms with van der Waals surface area (Å²) in [4.78, 5) is 28.6. The Morgan fingerprint density at radius 1 is 1.13 bits per heavy atom. The van der Waals surface area contributed by atoms with Gasteiger partial charge in [0.25, 0.3) is 11.7 Å². The van der Waals surface area contributed by atoms with Crippen molar-refractivity contribution in [2.75, 3.05) is 6.61 Å². The number of amides is 1. The van der Waals surface area contributed by atoms with Crippen LogP contribution in [0.25, 0.3) is 11.1 Å². The van der Waals surface area contributed by atoms with Crippen molar-refractivity contribution in [3.63, 3.8) is 0 Å². The minimum Gasteiger partial charge on any atom is -0.460 e. The average molecular weight is 432 g/mol. The molecule has 31 heavy (non-hydrogen) atoms. The summed E-state index contributed by atoms with van der Waals surface area (Å²) in [6.07, 6.45) is -4.44. The average Bonchev–Trinajstić information content (AvgIpc) is 3.24. The lowest BCUT2D eigenvalue weighted by Gasteiger charge is -2.14. The van der Waals surface area contributed by atoms with Gasteiger partial charge in [-0.05, 0) is 43.2 Å². The molecule has 3 rings (SSSR count). The number of benzene rings is 2. The van der Waals surface area contributed by atoms with Crippen molar-refractivity contribution in [2.45, 2.75) is 26.1 Å². The Morgan fingerprint density at radius 2 is 1.81 bits per heavy atom. The second-order valence-electron chi connectivity index (χ2n) is 6.58. The van der Waals surface area contributed by atoms with Crippen LogP contribution in [0.3, 0.4) is 0 Å². The zero-order valence-electron chi connectivity index (χ0n) is 16.7. The van der Waals surface area contributed by atoms with Crippen molar-refractivity contribution >= 4 is 11.9 Å². The molecule has 0 aliphatic heterocycles. The lowest BCUT2D eigenvalue weighted by molar-refractivity contribution is -0.137. The summed E-state index contributed by atoms with van der Waals surface area (Å²) in [5.74, 6) is -1.04. The molecule has 2 aromatic carbocycles. The standard InChI is InChI=1S/C21H19F3N4O3/c1-3-31-20(30)18-26-17(27-28-18)12(2)25-19(29)16-7-5-4-6-15(16)13-8-10-14(11-9-13)21(22,23)24/h4-12H,3H2,1-2H3,(H,25,29)(H,26,27,28). The van der Waals surface area contributed by atoms with Gasteiger partial charge < -0.3 is 10.1 Å². The summed E-state index contributed by atoms with van der Waals surface area (Å²) in [5.41, 5.74) is 0.454. The SMILES string of the molecule is CCOC(=O)c1n[nH]c(C(C)NC(=O)c2ccccc2-c2ccc(C(F)(F)F)cc2)n1. The van der Waals surface area contributed by atoms with E-state index in [-0.39, 0.29) is 23.8 Å². The molecule has 2 N–H and O–H groups in total. The van der Waals surface area contributed by atoms with Gasteiger partial charge in [0.05, 0.1) is 18.2 Å². The third-order valence-electron chi connectivity index (χ3n) is 4.41. The fourth-order valence-electron chi connectivity index (χ4n) is 2.87. The first-order valence-electron chi connectivity index (χ1n) is 9.37. The van der Waals surface area contributed by atoms with Crippen LogP contribution in [-0.2, 0) is 10.9 Å². The number of hydrogen-bond acceptors (Lipinski definition) is 5. The maximum absolute atomic E-state index is 12.8. The number of rotatable bonds is 6. The van der Waals surface area contributed by atoms with E-state index in [1.54, 1.807) is 38.1 Å². The molecule has 0 aliphatic rings. The Kier molecular flexibility index (Phi) is 6.38. The summed E-state index contributed by atoms with van der Waals surface area (Å²) in [7, 11) is 0. The molecule has 0 spiro atoms. The van der Waals surface area contributed by atoms with Crippen LogP contribution in [0.5, 0.6) is 0 Å². The van der Waals surface area contributed by atoms with Crippen LogP contribution in [0.4, 0.5) is 13.2 Å². The minimum absolute atomic E-state index is 0.150. The zero-order valence-corrected chi connectivity index (χ0v) is 16.7. The first-order valence-corrected chi connectivity index (χ1v) is 9.37. The van der Waals surface area contributed by atoms with Crippen LogP contribution in [0.15, 0.2) is 48.5 Å². The van der Waals surface area contributed by atoms with Gasteiger partial charge in [-0.2, -0.15) is 13.2 Å². The fraction of sp³-hybridized carbons (Fsp3) is 0.238. The van der Waals surface area contributed by atoms with Crippen molar-refractivity contribution in [1.82, 2.24) is 20.5 Å². The lowest BCUT2D eigenvalue weighted by atomic mass is 9.98. The third-order valence-corrected chi connectivity index (χ3v) is 4.41. The van der Waals surface area contributed by atoms with Crippen LogP contribution >= 0.6 is 0 Å². The molecule has 1 heterocycles. The molecule has 3 aromatic rings. The van der Waals surface area contributed by atoms with Crippen LogP contribution < -0.4 is 5.32 Å². The van der Waals surface area contributed by atoms with E-state index in [4.69, 9.17) is 4.74 Å². The molecule has 1 amide bonds. The number of H-pyrrole nitrogens is 1. The number of alkyl halides is 3. The maximum atomic E-state index is 12.8. The number of halogens is 3. The predicted molar refractivity (Wildman–Crippen MR) is 105 cm³/mol. The maximum Gasteiger partial charge on any atom is 0.416 e. The Balaban J connectivity index is 1.79. The lowest BCUT2D eigenvalue weighted by Crippen LogP contribution is -2.28. The van der Waals surface area contributed by atoms with Gasteiger partial charge in [-0.3, -0.25) is 9.89 Å². The van der Waals surface area contributed by atoms with E-state index in [2.05, 4.69) is 20.5 Å². The van der Waals surface area contributed by atoms with E-state index in [9.17, 15) is 22.8 Å². The van der Waals surface area contributed by atoms with Crippen LogP contribution in [-0.4, -0.2) is 33.7 Å². The monoisotopic (exact) mass is 432 g/mol. The number of carbonyl (C=O) groups excluding carboxylic acids is 2. The van der Waals surface area contributed by atoms with Gasteiger partial charge in [-0.15, -0.1) is 5.10 Å². The molecule has 1 aromatic heterocycles. The second-order valence-corrected chi connectivity index (χ2v) is 6.58. The van der Waals surface area contributed by atoms with Crippen molar-refractivity contribution < 1.29 is 27.5 Å². The van der Waals surface area contributed by atoms with Crippen molar-refractivity contribution in [3.05, 3.63) is 71.3 Å². The highest BCUT2D eigenvalue weighted by Crippen LogP contribution is 2.32. The Labute approximate surface area is 175 Å². The molecular weight excluding hydrogens is 413 g/mol. The molecular formula is C21H19F3N4O3. The number of hydrogen-bond donors (Lipinski definition) is 2. The van der Waals surface area contributed by atoms with Crippen LogP contribution in [0.2, 0.25) is 0 Å². The molecule has 0 saturated heterocycles. The van der Waals surface area contributed by atoms with Gasteiger partial charge in [0.1, 0.15) is 5.82 Å². The highest BCUT2D eigenvalue weighted by Gasteiger charge is 2.30. The number of nitrogens with zero attached hydrogens (tertiary/aromatic N) is 2. The molecule has 1 unspecified atom stereocenters. The van der Waals surface area contributed by atoms with Crippen LogP contribution in [0.1, 0.15) is 52.3 Å². The largest absolute Gasteiger partial charge is 0.460 e. The highest BCUT2D eigenvalue weighted by atomic mass is 19.4. The van der Waals surface area contributed by atoms with E-state index < -0.39 is 29.7 Å². The Bertz CT molecular complexity index is 1080. The summed E-state index contributed by atoms with van der Waals surface area (Å²) < 4.78 is 43.3. The predicted octanol–water partition coefficient (Wildman–Crippen LogP) is 4.16. The third kappa shape index (κ3) is 5.08. The topological polar surface area (TPSA) is 97.0 Å². The number of esters is 1. The normalized spacial score (nSPS) is 12.3. The van der Waals surface area contributed by atoms with Crippen molar-refractivity contribution in [1.29, 1.82) is 0 Å².